The lowest BCUT2D eigenvalue weighted by atomic mass is 9.93. The Labute approximate surface area is 80.8 Å². The Kier molecular flexibility index (Phi) is 2.71. The van der Waals surface area contributed by atoms with Gasteiger partial charge in [0.15, 0.2) is 0 Å². The molecule has 0 radical (unpaired) electrons. The van der Waals surface area contributed by atoms with Crippen molar-refractivity contribution in [1.29, 1.82) is 0 Å². The number of rotatable bonds is 1. The first kappa shape index (κ1) is 10.6. The van der Waals surface area contributed by atoms with Crippen LogP contribution in [0.25, 0.3) is 0 Å². The fraction of sp³-hybridized carbons (Fsp3) is 0.667. The van der Waals surface area contributed by atoms with Crippen LogP contribution in [-0.2, 0) is 5.41 Å². The van der Waals surface area contributed by atoms with Gasteiger partial charge in [0, 0.05) is 4.88 Å². The molecular formula is C9H13F2NS. The van der Waals surface area contributed by atoms with Gasteiger partial charge in [-0.2, -0.15) is 0 Å². The second-order valence-electron chi connectivity index (χ2n) is 4.00. The Balaban J connectivity index is 3.20. The third-order valence-electron chi connectivity index (χ3n) is 1.65. The monoisotopic (exact) mass is 205 g/mol. The lowest BCUT2D eigenvalue weighted by Gasteiger charge is -2.17. The van der Waals surface area contributed by atoms with Gasteiger partial charge in [-0.15, -0.1) is 11.3 Å². The number of alkyl halides is 2. The van der Waals surface area contributed by atoms with Crippen molar-refractivity contribution in [3.8, 4) is 0 Å². The van der Waals surface area contributed by atoms with Gasteiger partial charge in [-0.25, -0.2) is 13.8 Å². The summed E-state index contributed by atoms with van der Waals surface area (Å²) in [7, 11) is 0. The van der Waals surface area contributed by atoms with Gasteiger partial charge in [0.25, 0.3) is 6.43 Å². The van der Waals surface area contributed by atoms with Gasteiger partial charge >= 0.3 is 0 Å². The van der Waals surface area contributed by atoms with E-state index in [-0.39, 0.29) is 11.1 Å². The molecule has 0 aliphatic carbocycles. The van der Waals surface area contributed by atoms with Crippen molar-refractivity contribution in [2.24, 2.45) is 0 Å². The van der Waals surface area contributed by atoms with Crippen LogP contribution < -0.4 is 0 Å². The molecular weight excluding hydrogens is 192 g/mol. The summed E-state index contributed by atoms with van der Waals surface area (Å²) in [5.74, 6) is 0. The van der Waals surface area contributed by atoms with Crippen LogP contribution in [0.15, 0.2) is 0 Å². The zero-order valence-electron chi connectivity index (χ0n) is 8.19. The van der Waals surface area contributed by atoms with Crippen LogP contribution in [0.4, 0.5) is 8.78 Å². The Morgan fingerprint density at radius 3 is 2.15 bits per heavy atom. The summed E-state index contributed by atoms with van der Waals surface area (Å²) in [5.41, 5.74) is -0.285. The molecule has 4 heteroatoms. The average Bonchev–Trinajstić information content (AvgIpc) is 2.29. The van der Waals surface area contributed by atoms with E-state index in [0.29, 0.717) is 9.88 Å². The molecule has 1 aromatic rings. The van der Waals surface area contributed by atoms with Gasteiger partial charge in [0.05, 0.1) is 5.01 Å². The van der Waals surface area contributed by atoms with Crippen molar-refractivity contribution in [2.75, 3.05) is 0 Å². The molecule has 1 aromatic heterocycles. The summed E-state index contributed by atoms with van der Waals surface area (Å²) in [5, 5.41) is 0.709. The van der Waals surface area contributed by atoms with Gasteiger partial charge in [-0.05, 0) is 12.3 Å². The smallest absolute Gasteiger partial charge is 0.240 e. The zero-order chi connectivity index (χ0) is 10.2. The lowest BCUT2D eigenvalue weighted by molar-refractivity contribution is 0.144. The highest BCUT2D eigenvalue weighted by Crippen LogP contribution is 2.35. The third kappa shape index (κ3) is 2.24. The molecule has 1 rings (SSSR count). The molecule has 74 valence electrons. The van der Waals surface area contributed by atoms with Gasteiger partial charge in [0.1, 0.15) is 5.69 Å². The third-order valence-corrected chi connectivity index (χ3v) is 3.06. The second kappa shape index (κ2) is 3.33. The summed E-state index contributed by atoms with van der Waals surface area (Å²) < 4.78 is 25.0. The van der Waals surface area contributed by atoms with Crippen molar-refractivity contribution in [1.82, 2.24) is 4.98 Å². The molecule has 0 atom stereocenters. The predicted molar refractivity (Wildman–Crippen MR) is 50.5 cm³/mol. The van der Waals surface area contributed by atoms with E-state index in [1.807, 2.05) is 20.8 Å². The average molecular weight is 205 g/mol. The quantitative estimate of drug-likeness (QED) is 0.681. The second-order valence-corrected chi connectivity index (χ2v) is 5.20. The predicted octanol–water partition coefficient (Wildman–Crippen LogP) is 3.69. The van der Waals surface area contributed by atoms with Crippen LogP contribution in [0, 0.1) is 6.92 Å². The van der Waals surface area contributed by atoms with Crippen molar-refractivity contribution >= 4 is 11.3 Å². The van der Waals surface area contributed by atoms with Gasteiger partial charge in [-0.3, -0.25) is 0 Å². The molecule has 0 saturated heterocycles. The number of hydrogen-bond acceptors (Lipinski definition) is 2. The Hall–Kier alpha value is -0.510. The number of thiazole rings is 1. The Morgan fingerprint density at radius 1 is 1.31 bits per heavy atom. The topological polar surface area (TPSA) is 12.9 Å². The maximum atomic E-state index is 12.5. The largest absolute Gasteiger partial charge is 0.281 e. The molecule has 0 aliphatic heterocycles. The van der Waals surface area contributed by atoms with Crippen LogP contribution in [0.3, 0.4) is 0 Å². The van der Waals surface area contributed by atoms with E-state index in [1.54, 1.807) is 6.92 Å². The Morgan fingerprint density at radius 2 is 1.85 bits per heavy atom. The normalized spacial score (nSPS) is 12.5. The van der Waals surface area contributed by atoms with Crippen molar-refractivity contribution < 1.29 is 8.78 Å². The van der Waals surface area contributed by atoms with E-state index in [4.69, 9.17) is 0 Å². The number of hydrogen-bond donors (Lipinski definition) is 0. The highest BCUT2D eigenvalue weighted by atomic mass is 32.1. The standard InChI is InChI=1S/C9H13F2NS/c1-5-12-6(8(10)11)7(13-5)9(2,3)4/h8H,1-4H3. The van der Waals surface area contributed by atoms with E-state index in [9.17, 15) is 8.78 Å². The number of aromatic nitrogens is 1. The maximum absolute atomic E-state index is 12.5. The molecule has 0 aliphatic rings. The van der Waals surface area contributed by atoms with Crippen molar-refractivity contribution in [2.45, 2.75) is 39.5 Å². The number of aryl methyl sites for hydroxylation is 1. The molecule has 1 nitrogen and oxygen atoms in total. The van der Waals surface area contributed by atoms with Crippen LogP contribution in [0.2, 0.25) is 0 Å². The summed E-state index contributed by atoms with van der Waals surface area (Å²) in [6, 6.07) is 0. The minimum Gasteiger partial charge on any atom is -0.240 e. The van der Waals surface area contributed by atoms with E-state index >= 15 is 0 Å². The van der Waals surface area contributed by atoms with E-state index in [2.05, 4.69) is 4.98 Å². The van der Waals surface area contributed by atoms with Crippen molar-refractivity contribution in [3.05, 3.63) is 15.6 Å². The summed E-state index contributed by atoms with van der Waals surface area (Å²) >= 11 is 1.36. The molecule has 0 bridgehead atoms. The first-order chi connectivity index (χ1) is 5.82. The molecule has 0 amide bonds. The van der Waals surface area contributed by atoms with Gasteiger partial charge < -0.3 is 0 Å². The van der Waals surface area contributed by atoms with E-state index < -0.39 is 6.43 Å². The van der Waals surface area contributed by atoms with Crippen LogP contribution >= 0.6 is 11.3 Å². The highest BCUT2D eigenvalue weighted by Gasteiger charge is 2.26. The van der Waals surface area contributed by atoms with Crippen LogP contribution in [-0.4, -0.2) is 4.98 Å². The summed E-state index contributed by atoms with van der Waals surface area (Å²) in [6.45, 7) is 7.52. The first-order valence-electron chi connectivity index (χ1n) is 4.08. The molecule has 0 spiro atoms. The fourth-order valence-corrected chi connectivity index (χ4v) is 2.11. The van der Waals surface area contributed by atoms with E-state index in [0.717, 1.165) is 0 Å². The van der Waals surface area contributed by atoms with E-state index in [1.165, 1.54) is 11.3 Å². The van der Waals surface area contributed by atoms with Crippen molar-refractivity contribution in [3.63, 3.8) is 0 Å². The molecule has 1 heterocycles. The minimum absolute atomic E-state index is 0.0463. The minimum atomic E-state index is -2.46. The lowest BCUT2D eigenvalue weighted by Crippen LogP contribution is -2.11. The Bertz CT molecular complexity index is 299. The molecule has 0 fully saturated rings. The van der Waals surface area contributed by atoms with Gasteiger partial charge in [0.2, 0.25) is 0 Å². The molecule has 0 aromatic carbocycles. The number of nitrogens with zero attached hydrogens (tertiary/aromatic N) is 1. The molecule has 0 saturated carbocycles. The fourth-order valence-electron chi connectivity index (χ4n) is 1.13. The highest BCUT2D eigenvalue weighted by molar-refractivity contribution is 7.11. The summed E-state index contributed by atoms with van der Waals surface area (Å²) in [4.78, 5) is 4.54. The first-order valence-corrected chi connectivity index (χ1v) is 4.90. The summed E-state index contributed by atoms with van der Waals surface area (Å²) in [6.07, 6.45) is -2.46. The van der Waals surface area contributed by atoms with Crippen LogP contribution in [0.1, 0.15) is 42.8 Å². The van der Waals surface area contributed by atoms with Crippen LogP contribution in [0.5, 0.6) is 0 Å². The zero-order valence-corrected chi connectivity index (χ0v) is 9.01. The molecule has 13 heavy (non-hydrogen) atoms. The molecule has 0 unspecified atom stereocenters. The van der Waals surface area contributed by atoms with Gasteiger partial charge in [-0.1, -0.05) is 20.8 Å². The SMILES string of the molecule is Cc1nc(C(F)F)c(C(C)(C)C)s1. The number of halogens is 2. The maximum Gasteiger partial charge on any atom is 0.281 e. The molecule has 0 N–H and O–H groups in total.